The zero-order valence-corrected chi connectivity index (χ0v) is 13.5. The first-order valence-electron chi connectivity index (χ1n) is 8.09. The Labute approximate surface area is 133 Å². The fourth-order valence-electron chi connectivity index (χ4n) is 2.66. The molecular weight excluding hydrogens is 274 g/mol. The highest BCUT2D eigenvalue weighted by Gasteiger charge is 2.24. The minimum atomic E-state index is 0.580. The van der Waals surface area contributed by atoms with Crippen molar-refractivity contribution in [2.75, 3.05) is 32.8 Å². The molecule has 120 valence electrons. The number of guanidine groups is 1. The summed E-state index contributed by atoms with van der Waals surface area (Å²) >= 11 is 0. The molecule has 1 aliphatic rings. The van der Waals surface area contributed by atoms with E-state index in [-0.39, 0.29) is 0 Å². The second-order valence-electron chi connectivity index (χ2n) is 5.58. The van der Waals surface area contributed by atoms with Crippen molar-refractivity contribution < 1.29 is 4.74 Å². The van der Waals surface area contributed by atoms with Gasteiger partial charge in [0.25, 0.3) is 0 Å². The number of ether oxygens (including phenoxy) is 1. The third-order valence-corrected chi connectivity index (χ3v) is 3.76. The lowest BCUT2D eigenvalue weighted by Crippen LogP contribution is -2.40. The predicted octanol–water partition coefficient (Wildman–Crippen LogP) is 2.68. The van der Waals surface area contributed by atoms with Crippen LogP contribution in [0.25, 0.3) is 0 Å². The van der Waals surface area contributed by atoms with E-state index in [2.05, 4.69) is 53.0 Å². The maximum Gasteiger partial charge on any atom is 0.194 e. The van der Waals surface area contributed by atoms with Crippen molar-refractivity contribution in [3.05, 3.63) is 48.6 Å². The Hall–Kier alpha value is -1.81. The lowest BCUT2D eigenvalue weighted by molar-refractivity contribution is 0.0907. The van der Waals surface area contributed by atoms with Crippen LogP contribution in [0.3, 0.4) is 0 Å². The summed E-state index contributed by atoms with van der Waals surface area (Å²) in [6, 6.07) is 10.3. The van der Waals surface area contributed by atoms with Crippen LogP contribution in [-0.4, -0.2) is 43.6 Å². The Morgan fingerprint density at radius 1 is 1.45 bits per heavy atom. The fraction of sp³-hybridized carbons (Fsp3) is 0.500. The van der Waals surface area contributed by atoms with Crippen LogP contribution >= 0.6 is 0 Å². The van der Waals surface area contributed by atoms with Gasteiger partial charge in [0, 0.05) is 25.6 Å². The summed E-state index contributed by atoms with van der Waals surface area (Å²) in [5, 5.41) is 3.35. The SMILES string of the molecule is C=CCN=C(NCC)N1CCC(COCc2ccccc2)C1. The summed E-state index contributed by atoms with van der Waals surface area (Å²) < 4.78 is 5.87. The van der Waals surface area contributed by atoms with Gasteiger partial charge in [-0.2, -0.15) is 0 Å². The van der Waals surface area contributed by atoms with Crippen LogP contribution in [0.4, 0.5) is 0 Å². The third-order valence-electron chi connectivity index (χ3n) is 3.76. The van der Waals surface area contributed by atoms with Gasteiger partial charge in [-0.1, -0.05) is 36.4 Å². The Bertz CT molecular complexity index is 472. The summed E-state index contributed by atoms with van der Waals surface area (Å²) in [7, 11) is 0. The lowest BCUT2D eigenvalue weighted by atomic mass is 10.1. The molecule has 4 nitrogen and oxygen atoms in total. The van der Waals surface area contributed by atoms with Gasteiger partial charge >= 0.3 is 0 Å². The zero-order chi connectivity index (χ0) is 15.6. The van der Waals surface area contributed by atoms with Crippen LogP contribution in [-0.2, 0) is 11.3 Å². The van der Waals surface area contributed by atoms with Crippen LogP contribution in [0, 0.1) is 5.92 Å². The van der Waals surface area contributed by atoms with E-state index in [9.17, 15) is 0 Å². The van der Waals surface area contributed by atoms with Gasteiger partial charge < -0.3 is 15.0 Å². The molecule has 1 saturated heterocycles. The molecule has 1 aromatic rings. The molecule has 0 amide bonds. The summed E-state index contributed by atoms with van der Waals surface area (Å²) in [6.45, 7) is 10.9. The van der Waals surface area contributed by atoms with E-state index in [1.807, 2.05) is 12.1 Å². The molecule has 0 saturated carbocycles. The molecule has 1 aromatic carbocycles. The molecule has 1 N–H and O–H groups in total. The predicted molar refractivity (Wildman–Crippen MR) is 92.0 cm³/mol. The molecule has 1 unspecified atom stereocenters. The molecule has 4 heteroatoms. The van der Waals surface area contributed by atoms with Crippen molar-refractivity contribution in [2.45, 2.75) is 20.0 Å². The third kappa shape index (κ3) is 5.19. The number of aliphatic imine (C=N–C) groups is 1. The molecule has 1 fully saturated rings. The van der Waals surface area contributed by atoms with Gasteiger partial charge in [-0.05, 0) is 18.9 Å². The quantitative estimate of drug-likeness (QED) is 0.478. The van der Waals surface area contributed by atoms with E-state index in [0.717, 1.165) is 38.6 Å². The van der Waals surface area contributed by atoms with E-state index in [1.54, 1.807) is 0 Å². The van der Waals surface area contributed by atoms with Crippen molar-refractivity contribution in [3.8, 4) is 0 Å². The molecule has 1 heterocycles. The number of rotatable bonds is 7. The molecule has 0 radical (unpaired) electrons. The maximum absolute atomic E-state index is 5.87. The minimum absolute atomic E-state index is 0.580. The van der Waals surface area contributed by atoms with Crippen molar-refractivity contribution >= 4 is 5.96 Å². The van der Waals surface area contributed by atoms with E-state index >= 15 is 0 Å². The van der Waals surface area contributed by atoms with Crippen molar-refractivity contribution in [1.29, 1.82) is 0 Å². The van der Waals surface area contributed by atoms with E-state index in [0.29, 0.717) is 19.1 Å². The first-order chi connectivity index (χ1) is 10.8. The first kappa shape index (κ1) is 16.6. The molecule has 1 aliphatic heterocycles. The van der Waals surface area contributed by atoms with Crippen LogP contribution in [0.5, 0.6) is 0 Å². The summed E-state index contributed by atoms with van der Waals surface area (Å²) in [5.74, 6) is 1.57. The monoisotopic (exact) mass is 301 g/mol. The highest BCUT2D eigenvalue weighted by molar-refractivity contribution is 5.80. The Morgan fingerprint density at radius 3 is 3.00 bits per heavy atom. The van der Waals surface area contributed by atoms with Gasteiger partial charge in [0.15, 0.2) is 5.96 Å². The fourth-order valence-corrected chi connectivity index (χ4v) is 2.66. The second kappa shape index (κ2) is 9.26. The standard InChI is InChI=1S/C18H27N3O/c1-3-11-20-18(19-4-2)21-12-10-17(13-21)15-22-14-16-8-6-5-7-9-16/h3,5-9,17H,1,4,10-15H2,2H3,(H,19,20). The van der Waals surface area contributed by atoms with Crippen LogP contribution in [0.2, 0.25) is 0 Å². The molecule has 0 spiro atoms. The van der Waals surface area contributed by atoms with Gasteiger partial charge in [0.05, 0.1) is 19.8 Å². The molecular formula is C18H27N3O. The molecule has 2 rings (SSSR count). The highest BCUT2D eigenvalue weighted by atomic mass is 16.5. The highest BCUT2D eigenvalue weighted by Crippen LogP contribution is 2.17. The first-order valence-corrected chi connectivity index (χ1v) is 8.09. The molecule has 22 heavy (non-hydrogen) atoms. The maximum atomic E-state index is 5.87. The molecule has 0 bridgehead atoms. The summed E-state index contributed by atoms with van der Waals surface area (Å²) in [6.07, 6.45) is 2.99. The molecule has 0 aliphatic carbocycles. The van der Waals surface area contributed by atoms with Gasteiger partial charge in [0.1, 0.15) is 0 Å². The average molecular weight is 301 g/mol. The molecule has 1 atom stereocenters. The van der Waals surface area contributed by atoms with Crippen molar-refractivity contribution in [2.24, 2.45) is 10.9 Å². The number of hydrogen-bond donors (Lipinski definition) is 1. The van der Waals surface area contributed by atoms with Crippen molar-refractivity contribution in [3.63, 3.8) is 0 Å². The Kier molecular flexibility index (Phi) is 6.97. The van der Waals surface area contributed by atoms with Gasteiger partial charge in [-0.25, -0.2) is 4.99 Å². The lowest BCUT2D eigenvalue weighted by Gasteiger charge is -2.21. The molecule has 0 aromatic heterocycles. The largest absolute Gasteiger partial charge is 0.376 e. The average Bonchev–Trinajstić information content (AvgIpc) is 3.01. The van der Waals surface area contributed by atoms with E-state index in [4.69, 9.17) is 4.74 Å². The van der Waals surface area contributed by atoms with Gasteiger partial charge in [-0.3, -0.25) is 0 Å². The minimum Gasteiger partial charge on any atom is -0.376 e. The van der Waals surface area contributed by atoms with E-state index < -0.39 is 0 Å². The number of nitrogens with zero attached hydrogens (tertiary/aromatic N) is 2. The zero-order valence-electron chi connectivity index (χ0n) is 13.5. The number of benzene rings is 1. The topological polar surface area (TPSA) is 36.9 Å². The van der Waals surface area contributed by atoms with E-state index in [1.165, 1.54) is 5.56 Å². The number of nitrogens with one attached hydrogen (secondary N) is 1. The van der Waals surface area contributed by atoms with Gasteiger partial charge in [0.2, 0.25) is 0 Å². The van der Waals surface area contributed by atoms with Gasteiger partial charge in [-0.15, -0.1) is 6.58 Å². The summed E-state index contributed by atoms with van der Waals surface area (Å²) in [5.41, 5.74) is 1.23. The Morgan fingerprint density at radius 2 is 2.27 bits per heavy atom. The number of hydrogen-bond acceptors (Lipinski definition) is 2. The van der Waals surface area contributed by atoms with Crippen LogP contribution < -0.4 is 5.32 Å². The summed E-state index contributed by atoms with van der Waals surface area (Å²) in [4.78, 5) is 6.87. The Balaban J connectivity index is 1.75. The second-order valence-corrected chi connectivity index (χ2v) is 5.58. The smallest absolute Gasteiger partial charge is 0.194 e. The number of likely N-dealkylation sites (tertiary alicyclic amines) is 1. The van der Waals surface area contributed by atoms with Crippen LogP contribution in [0.1, 0.15) is 18.9 Å². The van der Waals surface area contributed by atoms with Crippen LogP contribution in [0.15, 0.2) is 48.0 Å². The normalized spacial score (nSPS) is 18.5. The van der Waals surface area contributed by atoms with Crippen molar-refractivity contribution in [1.82, 2.24) is 10.2 Å².